The van der Waals surface area contributed by atoms with Crippen LogP contribution in [0.5, 0.6) is 0 Å². The molecule has 2 aromatic rings. The quantitative estimate of drug-likeness (QED) is 0.827. The monoisotopic (exact) mass is 319 g/mol. The lowest BCUT2D eigenvalue weighted by atomic mass is 9.92. The fraction of sp³-hybridized carbons (Fsp3) is 0.438. The van der Waals surface area contributed by atoms with Crippen LogP contribution >= 0.6 is 11.8 Å². The first kappa shape index (κ1) is 16.5. The molecule has 0 saturated heterocycles. The maximum Gasteiger partial charge on any atom is 0.277 e. The minimum atomic E-state index is -0.0197. The standard InChI is InChI=1S/C16H21N3O2S/c1-16(2,3)9-10-17-13(20)11-22-15-19-18-14(21-15)12-7-5-4-6-8-12/h4-8H,9-11H2,1-3H3,(H,17,20). The summed E-state index contributed by atoms with van der Waals surface area (Å²) in [4.78, 5) is 11.8. The molecule has 1 heterocycles. The Hall–Kier alpha value is -1.82. The summed E-state index contributed by atoms with van der Waals surface area (Å²) in [5, 5.41) is 11.2. The van der Waals surface area contributed by atoms with Crippen LogP contribution in [0.2, 0.25) is 0 Å². The Kier molecular flexibility index (Phi) is 5.60. The molecule has 0 fully saturated rings. The van der Waals surface area contributed by atoms with Gasteiger partial charge >= 0.3 is 0 Å². The van der Waals surface area contributed by atoms with Crippen LogP contribution in [-0.4, -0.2) is 28.4 Å². The van der Waals surface area contributed by atoms with Gasteiger partial charge in [-0.25, -0.2) is 0 Å². The van der Waals surface area contributed by atoms with E-state index in [1.807, 2.05) is 30.3 Å². The Morgan fingerprint density at radius 1 is 1.23 bits per heavy atom. The fourth-order valence-corrected chi connectivity index (χ4v) is 2.31. The lowest BCUT2D eigenvalue weighted by Gasteiger charge is -2.17. The number of hydrogen-bond donors (Lipinski definition) is 1. The van der Waals surface area contributed by atoms with Crippen molar-refractivity contribution in [1.82, 2.24) is 15.5 Å². The molecule has 5 nitrogen and oxygen atoms in total. The second-order valence-corrected chi connectivity index (χ2v) is 7.12. The van der Waals surface area contributed by atoms with Gasteiger partial charge in [0.05, 0.1) is 5.75 Å². The molecular weight excluding hydrogens is 298 g/mol. The van der Waals surface area contributed by atoms with E-state index in [1.54, 1.807) is 0 Å². The Balaban J connectivity index is 1.78. The smallest absolute Gasteiger partial charge is 0.277 e. The van der Waals surface area contributed by atoms with Crippen LogP contribution in [0.15, 0.2) is 40.0 Å². The number of nitrogens with zero attached hydrogens (tertiary/aromatic N) is 2. The molecule has 2 rings (SSSR count). The molecule has 6 heteroatoms. The molecule has 0 aliphatic rings. The highest BCUT2D eigenvalue weighted by molar-refractivity contribution is 7.99. The van der Waals surface area contributed by atoms with E-state index in [1.165, 1.54) is 11.8 Å². The van der Waals surface area contributed by atoms with E-state index in [2.05, 4.69) is 36.3 Å². The molecule has 1 amide bonds. The van der Waals surface area contributed by atoms with E-state index in [-0.39, 0.29) is 17.1 Å². The molecule has 0 aliphatic heterocycles. The number of thioether (sulfide) groups is 1. The van der Waals surface area contributed by atoms with E-state index in [0.717, 1.165) is 12.0 Å². The second-order valence-electron chi connectivity index (χ2n) is 6.19. The van der Waals surface area contributed by atoms with Gasteiger partial charge in [-0.1, -0.05) is 50.7 Å². The minimum absolute atomic E-state index is 0.0197. The number of rotatable bonds is 6. The second kappa shape index (κ2) is 7.45. The van der Waals surface area contributed by atoms with Crippen LogP contribution in [0.3, 0.4) is 0 Å². The van der Waals surface area contributed by atoms with E-state index >= 15 is 0 Å². The van der Waals surface area contributed by atoms with Gasteiger partial charge in [0.1, 0.15) is 0 Å². The van der Waals surface area contributed by atoms with Gasteiger partial charge in [0.25, 0.3) is 5.22 Å². The largest absolute Gasteiger partial charge is 0.411 e. The van der Waals surface area contributed by atoms with Crippen molar-refractivity contribution >= 4 is 17.7 Å². The summed E-state index contributed by atoms with van der Waals surface area (Å²) in [7, 11) is 0. The van der Waals surface area contributed by atoms with Gasteiger partial charge in [0.15, 0.2) is 0 Å². The van der Waals surface area contributed by atoms with Gasteiger partial charge < -0.3 is 9.73 Å². The van der Waals surface area contributed by atoms with E-state index in [4.69, 9.17) is 4.42 Å². The molecule has 0 saturated carbocycles. The number of amides is 1. The first-order valence-electron chi connectivity index (χ1n) is 7.22. The Bertz CT molecular complexity index is 605. The average Bonchev–Trinajstić information content (AvgIpc) is 2.94. The SMILES string of the molecule is CC(C)(C)CCNC(=O)CSc1nnc(-c2ccccc2)o1. The van der Waals surface area contributed by atoms with Gasteiger partial charge in [0, 0.05) is 12.1 Å². The summed E-state index contributed by atoms with van der Waals surface area (Å²) in [5.74, 6) is 0.727. The van der Waals surface area contributed by atoms with Crippen LogP contribution in [-0.2, 0) is 4.79 Å². The highest BCUT2D eigenvalue weighted by Crippen LogP contribution is 2.22. The van der Waals surface area contributed by atoms with Crippen molar-refractivity contribution in [2.45, 2.75) is 32.4 Å². The van der Waals surface area contributed by atoms with Crippen molar-refractivity contribution in [3.8, 4) is 11.5 Å². The summed E-state index contributed by atoms with van der Waals surface area (Å²) < 4.78 is 5.54. The summed E-state index contributed by atoms with van der Waals surface area (Å²) in [5.41, 5.74) is 1.09. The summed E-state index contributed by atoms with van der Waals surface area (Å²) in [6.45, 7) is 7.13. The lowest BCUT2D eigenvalue weighted by Crippen LogP contribution is -2.28. The highest BCUT2D eigenvalue weighted by atomic mass is 32.2. The number of hydrogen-bond acceptors (Lipinski definition) is 5. The molecule has 0 bridgehead atoms. The summed E-state index contributed by atoms with van der Waals surface area (Å²) in [6, 6.07) is 9.56. The molecular formula is C16H21N3O2S. The molecule has 118 valence electrons. The zero-order valence-corrected chi connectivity index (χ0v) is 13.9. The molecule has 0 unspecified atom stereocenters. The van der Waals surface area contributed by atoms with E-state index < -0.39 is 0 Å². The molecule has 0 aliphatic carbocycles. The van der Waals surface area contributed by atoms with Crippen LogP contribution < -0.4 is 5.32 Å². The van der Waals surface area contributed by atoms with Crippen molar-refractivity contribution in [2.24, 2.45) is 5.41 Å². The normalized spacial score (nSPS) is 11.4. The molecule has 0 radical (unpaired) electrons. The van der Waals surface area contributed by atoms with Crippen LogP contribution in [0.25, 0.3) is 11.5 Å². The fourth-order valence-electron chi connectivity index (χ4n) is 1.72. The van der Waals surface area contributed by atoms with Gasteiger partial charge in [0.2, 0.25) is 11.8 Å². The van der Waals surface area contributed by atoms with Crippen LogP contribution in [0, 0.1) is 5.41 Å². The maximum absolute atomic E-state index is 11.8. The molecule has 22 heavy (non-hydrogen) atoms. The predicted octanol–water partition coefficient (Wildman–Crippen LogP) is 3.38. The van der Waals surface area contributed by atoms with Gasteiger partial charge in [-0.05, 0) is 24.0 Å². The zero-order valence-electron chi connectivity index (χ0n) is 13.1. The van der Waals surface area contributed by atoms with Crippen LogP contribution in [0.4, 0.5) is 0 Å². The Labute approximate surface area is 134 Å². The Morgan fingerprint density at radius 3 is 2.64 bits per heavy atom. The minimum Gasteiger partial charge on any atom is -0.411 e. The van der Waals surface area contributed by atoms with E-state index in [0.29, 0.717) is 17.7 Å². The molecule has 1 aromatic heterocycles. The first-order chi connectivity index (χ1) is 10.4. The topological polar surface area (TPSA) is 68.0 Å². The van der Waals surface area contributed by atoms with Crippen molar-refractivity contribution in [1.29, 1.82) is 0 Å². The maximum atomic E-state index is 11.8. The molecule has 1 N–H and O–H groups in total. The average molecular weight is 319 g/mol. The number of benzene rings is 1. The zero-order chi connectivity index (χ0) is 16.0. The number of carbonyl (C=O) groups excluding carboxylic acids is 1. The van der Waals surface area contributed by atoms with Crippen molar-refractivity contribution in [3.05, 3.63) is 30.3 Å². The number of aromatic nitrogens is 2. The lowest BCUT2D eigenvalue weighted by molar-refractivity contribution is -0.118. The summed E-state index contributed by atoms with van der Waals surface area (Å²) >= 11 is 1.25. The third-order valence-electron chi connectivity index (χ3n) is 2.95. The van der Waals surface area contributed by atoms with Gasteiger partial charge in [-0.2, -0.15) is 0 Å². The summed E-state index contributed by atoms with van der Waals surface area (Å²) in [6.07, 6.45) is 0.947. The van der Waals surface area contributed by atoms with Crippen molar-refractivity contribution < 1.29 is 9.21 Å². The number of nitrogens with one attached hydrogen (secondary N) is 1. The van der Waals surface area contributed by atoms with Gasteiger partial charge in [-0.15, -0.1) is 10.2 Å². The van der Waals surface area contributed by atoms with Crippen molar-refractivity contribution in [2.75, 3.05) is 12.3 Å². The third kappa shape index (κ3) is 5.52. The predicted molar refractivity (Wildman–Crippen MR) is 87.5 cm³/mol. The van der Waals surface area contributed by atoms with E-state index in [9.17, 15) is 4.79 Å². The number of carbonyl (C=O) groups is 1. The van der Waals surface area contributed by atoms with Crippen molar-refractivity contribution in [3.63, 3.8) is 0 Å². The first-order valence-corrected chi connectivity index (χ1v) is 8.21. The highest BCUT2D eigenvalue weighted by Gasteiger charge is 2.12. The Morgan fingerprint density at radius 2 is 1.95 bits per heavy atom. The third-order valence-corrected chi connectivity index (χ3v) is 3.77. The van der Waals surface area contributed by atoms with Crippen LogP contribution in [0.1, 0.15) is 27.2 Å². The molecule has 1 aromatic carbocycles. The molecule has 0 spiro atoms. The molecule has 0 atom stereocenters. The van der Waals surface area contributed by atoms with Gasteiger partial charge in [-0.3, -0.25) is 4.79 Å².